The van der Waals surface area contributed by atoms with Crippen LogP contribution in [0.15, 0.2) is 53.4 Å². The fourth-order valence-corrected chi connectivity index (χ4v) is 2.68. The topological polar surface area (TPSA) is 89.3 Å². The van der Waals surface area contributed by atoms with Crippen LogP contribution >= 0.6 is 0 Å². The predicted octanol–water partition coefficient (Wildman–Crippen LogP) is 2.53. The molecule has 2 aromatic rings. The van der Waals surface area contributed by atoms with E-state index < -0.39 is 31.3 Å². The summed E-state index contributed by atoms with van der Waals surface area (Å²) in [5.74, 6) is -1.06. The van der Waals surface area contributed by atoms with E-state index in [1.807, 2.05) is 0 Å². The Morgan fingerprint density at radius 2 is 1.75 bits per heavy atom. The molecule has 0 spiro atoms. The summed E-state index contributed by atoms with van der Waals surface area (Å²) in [6.45, 7) is 0. The second-order valence-electron chi connectivity index (χ2n) is 3.84. The first-order chi connectivity index (χ1) is 9.40. The number of hydrogen-bond acceptors (Lipinski definition) is 4. The first kappa shape index (κ1) is 13.9. The third-order valence-corrected chi connectivity index (χ3v) is 3.84. The van der Waals surface area contributed by atoms with E-state index in [0.29, 0.717) is 6.07 Å². The number of anilines is 1. The first-order valence-corrected chi connectivity index (χ1v) is 6.90. The van der Waals surface area contributed by atoms with Gasteiger partial charge in [0.2, 0.25) is 0 Å². The van der Waals surface area contributed by atoms with E-state index >= 15 is 0 Å². The van der Waals surface area contributed by atoms with Crippen LogP contribution in [0.2, 0.25) is 0 Å². The normalized spacial score (nSPS) is 11.1. The van der Waals surface area contributed by atoms with E-state index in [4.69, 9.17) is 0 Å². The Balaban J connectivity index is 2.44. The van der Waals surface area contributed by atoms with Crippen molar-refractivity contribution in [2.45, 2.75) is 4.90 Å². The second-order valence-corrected chi connectivity index (χ2v) is 5.49. The Labute approximate surface area is 114 Å². The van der Waals surface area contributed by atoms with Gasteiger partial charge in [0, 0.05) is 17.8 Å². The lowest BCUT2D eigenvalue weighted by Gasteiger charge is -2.08. The summed E-state index contributed by atoms with van der Waals surface area (Å²) < 4.78 is 39.8. The fourth-order valence-electron chi connectivity index (χ4n) is 1.53. The standard InChI is InChI=1S/C12H9FN2O4S/c13-11-7-6-10(15(16)17)8-12(11)20(18,19)14-9-4-2-1-3-5-9/h1-8,14H. The summed E-state index contributed by atoms with van der Waals surface area (Å²) in [4.78, 5) is 9.06. The van der Waals surface area contributed by atoms with Gasteiger partial charge in [0.1, 0.15) is 10.7 Å². The van der Waals surface area contributed by atoms with Crippen LogP contribution in [-0.2, 0) is 10.0 Å². The summed E-state index contributed by atoms with van der Waals surface area (Å²) in [7, 11) is -4.23. The van der Waals surface area contributed by atoms with Crippen LogP contribution in [-0.4, -0.2) is 13.3 Å². The smallest absolute Gasteiger partial charge is 0.271 e. The highest BCUT2D eigenvalue weighted by Gasteiger charge is 2.22. The highest BCUT2D eigenvalue weighted by atomic mass is 32.2. The van der Waals surface area contributed by atoms with E-state index in [1.165, 1.54) is 12.1 Å². The van der Waals surface area contributed by atoms with Crippen molar-refractivity contribution in [2.24, 2.45) is 0 Å². The Kier molecular flexibility index (Phi) is 3.66. The van der Waals surface area contributed by atoms with Crippen molar-refractivity contribution in [1.82, 2.24) is 0 Å². The van der Waals surface area contributed by atoms with Gasteiger partial charge in [-0.3, -0.25) is 14.8 Å². The van der Waals surface area contributed by atoms with Gasteiger partial charge in [-0.05, 0) is 18.2 Å². The average Bonchev–Trinajstić information content (AvgIpc) is 2.39. The maximum Gasteiger partial charge on any atom is 0.271 e. The lowest BCUT2D eigenvalue weighted by Crippen LogP contribution is -2.14. The molecular weight excluding hydrogens is 287 g/mol. The lowest BCUT2D eigenvalue weighted by molar-refractivity contribution is -0.385. The number of hydrogen-bond donors (Lipinski definition) is 1. The van der Waals surface area contributed by atoms with E-state index in [0.717, 1.165) is 12.1 Å². The number of para-hydroxylation sites is 1. The molecule has 0 radical (unpaired) electrons. The summed E-state index contributed by atoms with van der Waals surface area (Å²) >= 11 is 0. The number of sulfonamides is 1. The zero-order valence-corrected chi connectivity index (χ0v) is 10.8. The largest absolute Gasteiger partial charge is 0.280 e. The van der Waals surface area contributed by atoms with Crippen LogP contribution in [0.25, 0.3) is 0 Å². The van der Waals surface area contributed by atoms with Gasteiger partial charge in [-0.15, -0.1) is 0 Å². The zero-order chi connectivity index (χ0) is 14.8. The number of benzene rings is 2. The van der Waals surface area contributed by atoms with Crippen LogP contribution in [0.3, 0.4) is 0 Å². The van der Waals surface area contributed by atoms with Gasteiger partial charge >= 0.3 is 0 Å². The minimum Gasteiger partial charge on any atom is -0.280 e. The number of nitrogens with one attached hydrogen (secondary N) is 1. The summed E-state index contributed by atoms with van der Waals surface area (Å²) in [5, 5.41) is 10.6. The molecule has 1 N–H and O–H groups in total. The van der Waals surface area contributed by atoms with Gasteiger partial charge in [-0.1, -0.05) is 18.2 Å². The zero-order valence-electron chi connectivity index (χ0n) is 9.99. The van der Waals surface area contributed by atoms with Crippen molar-refractivity contribution >= 4 is 21.4 Å². The van der Waals surface area contributed by atoms with E-state index in [1.54, 1.807) is 18.2 Å². The van der Waals surface area contributed by atoms with Crippen LogP contribution in [0.1, 0.15) is 0 Å². The Bertz CT molecular complexity index is 747. The van der Waals surface area contributed by atoms with E-state index in [-0.39, 0.29) is 5.69 Å². The Hall–Kier alpha value is -2.48. The first-order valence-electron chi connectivity index (χ1n) is 5.42. The van der Waals surface area contributed by atoms with Crippen LogP contribution in [0, 0.1) is 15.9 Å². The molecule has 0 fully saturated rings. The van der Waals surface area contributed by atoms with Crippen molar-refractivity contribution in [1.29, 1.82) is 0 Å². The molecule has 0 aliphatic rings. The molecule has 2 rings (SSSR count). The number of nitrogens with zero attached hydrogens (tertiary/aromatic N) is 1. The maximum absolute atomic E-state index is 13.6. The molecular formula is C12H9FN2O4S. The minimum absolute atomic E-state index is 0.235. The Morgan fingerprint density at radius 3 is 2.35 bits per heavy atom. The molecule has 0 aliphatic heterocycles. The van der Waals surface area contributed by atoms with E-state index in [2.05, 4.69) is 4.72 Å². The summed E-state index contributed by atoms with van der Waals surface area (Å²) in [6.07, 6.45) is 0. The van der Waals surface area contributed by atoms with E-state index in [9.17, 15) is 22.9 Å². The van der Waals surface area contributed by atoms with Crippen molar-refractivity contribution in [3.05, 3.63) is 64.5 Å². The predicted molar refractivity (Wildman–Crippen MR) is 70.3 cm³/mol. The van der Waals surface area contributed by atoms with Crippen molar-refractivity contribution in [3.63, 3.8) is 0 Å². The van der Waals surface area contributed by atoms with Crippen LogP contribution in [0.4, 0.5) is 15.8 Å². The number of nitro benzene ring substituents is 1. The molecule has 6 nitrogen and oxygen atoms in total. The van der Waals surface area contributed by atoms with Crippen molar-refractivity contribution < 1.29 is 17.7 Å². The molecule has 0 saturated heterocycles. The molecule has 0 aromatic heterocycles. The third-order valence-electron chi connectivity index (χ3n) is 2.44. The minimum atomic E-state index is -4.23. The van der Waals surface area contributed by atoms with Crippen LogP contribution in [0.5, 0.6) is 0 Å². The summed E-state index contributed by atoms with van der Waals surface area (Å²) in [6, 6.07) is 10.2. The molecule has 0 bridgehead atoms. The van der Waals surface area contributed by atoms with Gasteiger partial charge < -0.3 is 0 Å². The highest BCUT2D eigenvalue weighted by Crippen LogP contribution is 2.23. The molecule has 2 aromatic carbocycles. The van der Waals surface area contributed by atoms with Gasteiger partial charge in [-0.2, -0.15) is 0 Å². The second kappa shape index (κ2) is 5.25. The molecule has 0 aliphatic carbocycles. The monoisotopic (exact) mass is 296 g/mol. The molecule has 0 saturated carbocycles. The van der Waals surface area contributed by atoms with Crippen molar-refractivity contribution in [3.8, 4) is 0 Å². The molecule has 0 amide bonds. The number of nitro groups is 1. The Morgan fingerprint density at radius 1 is 1.10 bits per heavy atom. The quantitative estimate of drug-likeness (QED) is 0.693. The van der Waals surface area contributed by atoms with Crippen LogP contribution < -0.4 is 4.72 Å². The lowest BCUT2D eigenvalue weighted by atomic mass is 10.3. The SMILES string of the molecule is O=[N+]([O-])c1ccc(F)c(S(=O)(=O)Nc2ccccc2)c1. The number of halogens is 1. The van der Waals surface area contributed by atoms with Crippen molar-refractivity contribution in [2.75, 3.05) is 4.72 Å². The molecule has 8 heteroatoms. The number of rotatable bonds is 4. The maximum atomic E-state index is 13.6. The van der Waals surface area contributed by atoms with Gasteiger partial charge in [0.05, 0.1) is 4.92 Å². The van der Waals surface area contributed by atoms with Gasteiger partial charge in [0.25, 0.3) is 15.7 Å². The highest BCUT2D eigenvalue weighted by molar-refractivity contribution is 7.92. The average molecular weight is 296 g/mol. The van der Waals surface area contributed by atoms with Gasteiger partial charge in [-0.25, -0.2) is 12.8 Å². The fraction of sp³-hybridized carbons (Fsp3) is 0. The molecule has 0 heterocycles. The molecule has 0 atom stereocenters. The van der Waals surface area contributed by atoms with Gasteiger partial charge in [0.15, 0.2) is 0 Å². The number of non-ortho nitro benzene ring substituents is 1. The molecule has 104 valence electrons. The third kappa shape index (κ3) is 2.91. The molecule has 20 heavy (non-hydrogen) atoms. The summed E-state index contributed by atoms with van der Waals surface area (Å²) in [5.41, 5.74) is -0.266. The molecule has 0 unspecified atom stereocenters.